The normalized spacial score (nSPS) is 10.6. The lowest BCUT2D eigenvalue weighted by Crippen LogP contribution is -1.98. The van der Waals surface area contributed by atoms with Gasteiger partial charge in [-0.2, -0.15) is 0 Å². The number of methoxy groups -OCH3 is 1. The number of carbonyl (C=O) groups excluding carboxylic acids is 1. The molecular formula is C19H26O2. The van der Waals surface area contributed by atoms with E-state index in [0.29, 0.717) is 12.8 Å². The topological polar surface area (TPSA) is 26.3 Å². The van der Waals surface area contributed by atoms with Crippen LogP contribution in [0.4, 0.5) is 0 Å². The van der Waals surface area contributed by atoms with Crippen molar-refractivity contribution in [1.29, 1.82) is 0 Å². The van der Waals surface area contributed by atoms with Gasteiger partial charge in [-0.3, -0.25) is 4.79 Å². The maximum atomic E-state index is 11.2. The van der Waals surface area contributed by atoms with Crippen LogP contribution in [-0.4, -0.2) is 13.1 Å². The first kappa shape index (κ1) is 15.5. The number of ether oxygens (including phenoxy) is 1. The number of hydrogen-bond acceptors (Lipinski definition) is 2. The second kappa shape index (κ2) is 16.2. The first-order chi connectivity index (χ1) is 11.0. The minimum absolute atomic E-state index is 0.198. The molecule has 0 saturated heterocycles. The first-order valence-corrected chi connectivity index (χ1v) is 7.50. The molecule has 0 rings (SSSR count). The Morgan fingerprint density at radius 1 is 0.905 bits per heavy atom. The summed E-state index contributed by atoms with van der Waals surface area (Å²) in [5.41, 5.74) is 0. The van der Waals surface area contributed by atoms with Gasteiger partial charge in [0.25, 0.3) is 0 Å². The van der Waals surface area contributed by atoms with E-state index < -0.39 is 12.3 Å². The van der Waals surface area contributed by atoms with Gasteiger partial charge in [-0.25, -0.2) is 0 Å². The van der Waals surface area contributed by atoms with Crippen molar-refractivity contribution in [2.75, 3.05) is 7.11 Å². The summed E-state index contributed by atoms with van der Waals surface area (Å²) in [4.78, 5) is 11.2. The molecule has 2 nitrogen and oxygen atoms in total. The van der Waals surface area contributed by atoms with Crippen LogP contribution in [0.15, 0.2) is 0 Å². The Kier molecular flexibility index (Phi) is 12.0. The highest BCUT2D eigenvalue weighted by Crippen LogP contribution is 2.05. The van der Waals surface area contributed by atoms with Crippen molar-refractivity contribution >= 4 is 5.97 Å². The predicted molar refractivity (Wildman–Crippen MR) is 87.2 cm³/mol. The summed E-state index contributed by atoms with van der Waals surface area (Å²) in [5, 5.41) is 0. The molecule has 0 atom stereocenters. The van der Waals surface area contributed by atoms with Crippen LogP contribution < -0.4 is 0 Å². The monoisotopic (exact) mass is 288 g/mol. The summed E-state index contributed by atoms with van der Waals surface area (Å²) in [6, 6.07) is 0. The van der Waals surface area contributed by atoms with E-state index >= 15 is 0 Å². The van der Waals surface area contributed by atoms with E-state index in [1.807, 2.05) is 6.92 Å². The molecule has 0 amide bonds. The molecule has 0 aromatic carbocycles. The number of hydrogen-bond donors (Lipinski definition) is 0. The summed E-state index contributed by atoms with van der Waals surface area (Å²) in [6.07, 6.45) is 4.64. The summed E-state index contributed by atoms with van der Waals surface area (Å²) in [7, 11) is 1.21. The van der Waals surface area contributed by atoms with Gasteiger partial charge in [0.2, 0.25) is 0 Å². The Balaban J connectivity index is 3.62. The molecule has 0 aliphatic carbocycles. The van der Waals surface area contributed by atoms with Gasteiger partial charge in [0.15, 0.2) is 0 Å². The molecule has 0 saturated carbocycles. The molecule has 114 valence electrons. The predicted octanol–water partition coefficient (Wildman–Crippen LogP) is 4.09. The van der Waals surface area contributed by atoms with Gasteiger partial charge in [0, 0.05) is 34.8 Å². The van der Waals surface area contributed by atoms with Crippen molar-refractivity contribution in [1.82, 2.24) is 0 Å². The third kappa shape index (κ3) is 16.1. The van der Waals surface area contributed by atoms with E-state index in [0.717, 1.165) is 38.5 Å². The maximum absolute atomic E-state index is 11.2. The first-order valence-electron chi connectivity index (χ1n) is 8.50. The van der Waals surface area contributed by atoms with Crippen molar-refractivity contribution < 1.29 is 12.3 Å². The molecule has 21 heavy (non-hydrogen) atoms. The molecule has 2 heteroatoms. The maximum Gasteiger partial charge on any atom is 0.305 e. The zero-order valence-electron chi connectivity index (χ0n) is 15.2. The van der Waals surface area contributed by atoms with E-state index in [4.69, 9.17) is 2.74 Å². The largest absolute Gasteiger partial charge is 0.469 e. The van der Waals surface area contributed by atoms with E-state index in [9.17, 15) is 4.79 Å². The van der Waals surface area contributed by atoms with Gasteiger partial charge in [-0.1, -0.05) is 31.6 Å². The van der Waals surface area contributed by atoms with Crippen LogP contribution in [-0.2, 0) is 9.53 Å². The zero-order valence-corrected chi connectivity index (χ0v) is 13.2. The Morgan fingerprint density at radius 2 is 1.52 bits per heavy atom. The number of unbranched alkanes of at least 4 members (excludes halogenated alkanes) is 4. The minimum Gasteiger partial charge on any atom is -0.469 e. The highest BCUT2D eigenvalue weighted by molar-refractivity contribution is 5.68. The third-order valence-electron chi connectivity index (χ3n) is 2.54. The van der Waals surface area contributed by atoms with Crippen LogP contribution in [0.3, 0.4) is 0 Å². The van der Waals surface area contributed by atoms with Crippen molar-refractivity contribution in [2.45, 2.75) is 71.1 Å². The van der Waals surface area contributed by atoms with Gasteiger partial charge in [0.1, 0.15) is 0 Å². The van der Waals surface area contributed by atoms with E-state index in [-0.39, 0.29) is 6.42 Å². The lowest BCUT2D eigenvalue weighted by Gasteiger charge is -1.98. The highest BCUT2D eigenvalue weighted by Gasteiger charge is 1.98. The molecule has 0 aliphatic heterocycles. The molecule has 0 aromatic heterocycles. The minimum atomic E-state index is -1.87. The quantitative estimate of drug-likeness (QED) is 0.401. The van der Waals surface area contributed by atoms with Crippen molar-refractivity contribution in [2.24, 2.45) is 0 Å². The SMILES string of the molecule is [2H]C([2H])(CCCCCC#CCCC#CCC#CCC)C(=O)OC. The van der Waals surface area contributed by atoms with Crippen LogP contribution in [0, 0.1) is 35.5 Å². The Morgan fingerprint density at radius 3 is 2.24 bits per heavy atom. The Bertz CT molecular complexity index is 519. The summed E-state index contributed by atoms with van der Waals surface area (Å²) in [6.45, 7) is 2.02. The standard InChI is InChI=1S/C19H26O2/c1-3-4-5-6-7-8-9-10-11-12-13-14-15-16-17-18-19(20)21-2/h3,6,9-10,13-18H2,1-2H3/i18D2. The molecule has 0 bridgehead atoms. The van der Waals surface area contributed by atoms with Gasteiger partial charge in [-0.05, 0) is 12.8 Å². The van der Waals surface area contributed by atoms with Crippen LogP contribution in [0.1, 0.15) is 73.8 Å². The summed E-state index contributed by atoms with van der Waals surface area (Å²) < 4.78 is 19.5. The molecule has 0 N–H and O–H groups in total. The molecule has 0 aromatic rings. The highest BCUT2D eigenvalue weighted by atomic mass is 16.5. The Labute approximate surface area is 132 Å². The average molecular weight is 288 g/mol. The van der Waals surface area contributed by atoms with Crippen molar-refractivity contribution in [3.8, 4) is 35.5 Å². The molecular weight excluding hydrogens is 260 g/mol. The molecule has 0 unspecified atom stereocenters. The van der Waals surface area contributed by atoms with Gasteiger partial charge in [-0.15, -0.1) is 23.7 Å². The Hall–Kier alpha value is -1.85. The average Bonchev–Trinajstić information content (AvgIpc) is 2.54. The molecule has 0 heterocycles. The fourth-order valence-corrected chi connectivity index (χ4v) is 1.46. The van der Waals surface area contributed by atoms with Crippen molar-refractivity contribution in [3.05, 3.63) is 0 Å². The molecule has 0 spiro atoms. The second-order valence-electron chi connectivity index (χ2n) is 4.32. The van der Waals surface area contributed by atoms with Crippen LogP contribution in [0.5, 0.6) is 0 Å². The molecule has 0 fully saturated rings. The number of carbonyl (C=O) groups is 1. The second-order valence-corrected chi connectivity index (χ2v) is 4.32. The summed E-state index contributed by atoms with van der Waals surface area (Å²) in [5.74, 6) is 17.4. The molecule has 0 radical (unpaired) electrons. The van der Waals surface area contributed by atoms with Crippen LogP contribution in [0.2, 0.25) is 0 Å². The fourth-order valence-electron chi connectivity index (χ4n) is 1.46. The molecule has 0 aliphatic rings. The van der Waals surface area contributed by atoms with E-state index in [2.05, 4.69) is 40.3 Å². The number of rotatable bonds is 7. The van der Waals surface area contributed by atoms with Gasteiger partial charge < -0.3 is 4.74 Å². The zero-order chi connectivity index (χ0) is 17.4. The van der Waals surface area contributed by atoms with Gasteiger partial charge in [0.05, 0.1) is 13.5 Å². The smallest absolute Gasteiger partial charge is 0.305 e. The fraction of sp³-hybridized carbons (Fsp3) is 0.632. The van der Waals surface area contributed by atoms with Crippen LogP contribution >= 0.6 is 0 Å². The van der Waals surface area contributed by atoms with E-state index in [1.54, 1.807) is 0 Å². The summed E-state index contributed by atoms with van der Waals surface area (Å²) >= 11 is 0. The van der Waals surface area contributed by atoms with E-state index in [1.165, 1.54) is 7.11 Å². The lowest BCUT2D eigenvalue weighted by molar-refractivity contribution is -0.140. The van der Waals surface area contributed by atoms with Crippen LogP contribution in [0.25, 0.3) is 0 Å². The lowest BCUT2D eigenvalue weighted by atomic mass is 10.1. The van der Waals surface area contributed by atoms with Gasteiger partial charge >= 0.3 is 5.97 Å². The van der Waals surface area contributed by atoms with Crippen molar-refractivity contribution in [3.63, 3.8) is 0 Å². The third-order valence-corrected chi connectivity index (χ3v) is 2.54. The number of esters is 1.